The molecule has 1 aromatic carbocycles. The predicted octanol–water partition coefficient (Wildman–Crippen LogP) is 4.34. The summed E-state index contributed by atoms with van der Waals surface area (Å²) in [5.74, 6) is 0.137. The normalized spacial score (nSPS) is 11.6. The molecule has 0 saturated heterocycles. The van der Waals surface area contributed by atoms with E-state index in [1.54, 1.807) is 42.7 Å². The summed E-state index contributed by atoms with van der Waals surface area (Å²) in [6, 6.07) is 14.0. The molecule has 0 atom stereocenters. The van der Waals surface area contributed by atoms with Crippen LogP contribution in [0.15, 0.2) is 77.4 Å². The number of hydrogen-bond acceptors (Lipinski definition) is 8. The van der Waals surface area contributed by atoms with Gasteiger partial charge in [-0.3, -0.25) is 9.78 Å². The number of aromatic nitrogens is 4. The molecule has 5 rings (SSSR count). The van der Waals surface area contributed by atoms with Gasteiger partial charge in [-0.1, -0.05) is 24.3 Å². The lowest BCUT2D eigenvalue weighted by Crippen LogP contribution is -2.10. The summed E-state index contributed by atoms with van der Waals surface area (Å²) in [6.07, 6.45) is 6.51. The maximum Gasteiger partial charge on any atom is 0.225 e. The van der Waals surface area contributed by atoms with E-state index in [0.717, 1.165) is 16.7 Å². The molecule has 1 N–H and O–H groups in total. The molecule has 0 aliphatic rings. The summed E-state index contributed by atoms with van der Waals surface area (Å²) in [5.41, 5.74) is 3.36. The Kier molecular flexibility index (Phi) is 5.91. The van der Waals surface area contributed by atoms with Crippen LogP contribution in [0.25, 0.3) is 22.2 Å². The van der Waals surface area contributed by atoms with Crippen LogP contribution in [-0.2, 0) is 23.4 Å². The zero-order valence-electron chi connectivity index (χ0n) is 19.0. The maximum atomic E-state index is 13.5. The Morgan fingerprint density at radius 1 is 1.09 bits per heavy atom. The predicted molar refractivity (Wildman–Crippen MR) is 136 cm³/mol. The molecule has 0 fully saturated rings. The van der Waals surface area contributed by atoms with Gasteiger partial charge in [-0.05, 0) is 40.8 Å². The Morgan fingerprint density at radius 2 is 1.89 bits per heavy atom. The van der Waals surface area contributed by atoms with Crippen molar-refractivity contribution in [3.8, 4) is 11.1 Å². The number of nitrogens with one attached hydrogen (secondary N) is 1. The van der Waals surface area contributed by atoms with E-state index in [0.29, 0.717) is 28.4 Å². The first kappa shape index (κ1) is 22.9. The van der Waals surface area contributed by atoms with E-state index in [-0.39, 0.29) is 16.4 Å². The molecule has 0 bridgehead atoms. The largest absolute Gasteiger partial charge is 0.350 e. The van der Waals surface area contributed by atoms with Crippen LogP contribution >= 0.6 is 11.3 Å². The second-order valence-electron chi connectivity index (χ2n) is 8.07. The van der Waals surface area contributed by atoms with Gasteiger partial charge in [0.25, 0.3) is 0 Å². The van der Waals surface area contributed by atoms with Gasteiger partial charge in [0.15, 0.2) is 9.84 Å². The Bertz CT molecular complexity index is 1630. The van der Waals surface area contributed by atoms with E-state index < -0.39 is 9.84 Å². The van der Waals surface area contributed by atoms with Crippen molar-refractivity contribution in [3.63, 3.8) is 0 Å². The van der Waals surface area contributed by atoms with E-state index >= 15 is 0 Å². The molecule has 0 aliphatic carbocycles. The number of thiophene rings is 1. The number of carbonyl (C=O) groups excluding carboxylic acids is 1. The Balaban J connectivity index is 1.65. The van der Waals surface area contributed by atoms with Crippen LogP contribution in [0.3, 0.4) is 0 Å². The maximum absolute atomic E-state index is 13.5. The quantitative estimate of drug-likeness (QED) is 0.329. The van der Waals surface area contributed by atoms with Crippen molar-refractivity contribution in [3.05, 3.63) is 88.6 Å². The Labute approximate surface area is 206 Å². The molecule has 35 heavy (non-hydrogen) atoms. The van der Waals surface area contributed by atoms with Crippen molar-refractivity contribution < 1.29 is 13.2 Å². The third-order valence-corrected chi connectivity index (χ3v) is 7.54. The number of pyridine rings is 1. The average molecular weight is 504 g/mol. The van der Waals surface area contributed by atoms with Crippen LogP contribution in [0.2, 0.25) is 0 Å². The first-order valence-corrected chi connectivity index (χ1v) is 13.5. The zero-order chi connectivity index (χ0) is 24.6. The molecule has 0 amide bonds. The minimum absolute atomic E-state index is 0.197. The summed E-state index contributed by atoms with van der Waals surface area (Å²) < 4.78 is 25.6. The van der Waals surface area contributed by atoms with Gasteiger partial charge in [-0.2, -0.15) is 4.98 Å². The first-order chi connectivity index (χ1) is 16.8. The third-order valence-electron chi connectivity index (χ3n) is 5.54. The summed E-state index contributed by atoms with van der Waals surface area (Å²) >= 11 is 1.35. The molecule has 4 aromatic heterocycles. The number of aryl methyl sites for hydroxylation is 1. The number of benzene rings is 1. The molecule has 0 unspecified atom stereocenters. The highest BCUT2D eigenvalue weighted by Gasteiger charge is 2.23. The van der Waals surface area contributed by atoms with Crippen molar-refractivity contribution in [2.24, 2.45) is 7.05 Å². The van der Waals surface area contributed by atoms with Gasteiger partial charge in [0.2, 0.25) is 11.7 Å². The molecule has 0 radical (unpaired) electrons. The van der Waals surface area contributed by atoms with E-state index in [1.807, 2.05) is 41.4 Å². The molecule has 0 saturated carbocycles. The minimum Gasteiger partial charge on any atom is -0.350 e. The highest BCUT2D eigenvalue weighted by molar-refractivity contribution is 7.90. The van der Waals surface area contributed by atoms with Crippen molar-refractivity contribution in [2.75, 3.05) is 11.6 Å². The number of ketones is 1. The molecule has 5 aromatic rings. The van der Waals surface area contributed by atoms with Crippen molar-refractivity contribution in [2.45, 2.75) is 11.4 Å². The van der Waals surface area contributed by atoms with Crippen LogP contribution in [0, 0.1) is 0 Å². The second-order valence-corrected chi connectivity index (χ2v) is 11.0. The topological polar surface area (TPSA) is 107 Å². The molecular formula is C25H21N5O3S2. The molecule has 176 valence electrons. The van der Waals surface area contributed by atoms with E-state index in [1.165, 1.54) is 17.6 Å². The van der Waals surface area contributed by atoms with Crippen molar-refractivity contribution in [1.29, 1.82) is 0 Å². The number of nitrogens with zero attached hydrogens (tertiary/aromatic N) is 4. The van der Waals surface area contributed by atoms with Gasteiger partial charge in [0, 0.05) is 44.0 Å². The number of carbonyl (C=O) groups is 1. The van der Waals surface area contributed by atoms with Gasteiger partial charge in [-0.15, -0.1) is 11.3 Å². The third kappa shape index (κ3) is 4.58. The number of hydrogen-bond donors (Lipinski definition) is 1. The van der Waals surface area contributed by atoms with Crippen molar-refractivity contribution in [1.82, 2.24) is 19.5 Å². The molecule has 10 heteroatoms. The summed E-state index contributed by atoms with van der Waals surface area (Å²) in [6.45, 7) is 0.455. The lowest BCUT2D eigenvalue weighted by atomic mass is 10.0. The van der Waals surface area contributed by atoms with Crippen LogP contribution in [-0.4, -0.2) is 40.0 Å². The summed E-state index contributed by atoms with van der Waals surface area (Å²) in [7, 11) is -1.47. The molecule has 0 aliphatic heterocycles. The van der Waals surface area contributed by atoms with Crippen LogP contribution < -0.4 is 5.32 Å². The average Bonchev–Trinajstić information content (AvgIpc) is 3.51. The summed E-state index contributed by atoms with van der Waals surface area (Å²) in [5, 5.41) is 5.67. The molecule has 8 nitrogen and oxygen atoms in total. The fraction of sp³-hybridized carbons (Fsp3) is 0.120. The number of anilines is 1. The van der Waals surface area contributed by atoms with Crippen LogP contribution in [0.4, 0.5) is 5.95 Å². The summed E-state index contributed by atoms with van der Waals surface area (Å²) in [4.78, 5) is 27.8. The Hall–Kier alpha value is -3.89. The fourth-order valence-electron chi connectivity index (χ4n) is 3.82. The Morgan fingerprint density at radius 3 is 2.54 bits per heavy atom. The van der Waals surface area contributed by atoms with E-state index in [2.05, 4.69) is 15.3 Å². The number of sulfone groups is 1. The fourth-order valence-corrected chi connectivity index (χ4v) is 5.12. The van der Waals surface area contributed by atoms with Crippen LogP contribution in [0.5, 0.6) is 0 Å². The van der Waals surface area contributed by atoms with Gasteiger partial charge in [-0.25, -0.2) is 13.4 Å². The smallest absolute Gasteiger partial charge is 0.225 e. The standard InChI is InChI=1S/C25H21N5O3S2/c1-30-15-19(17-7-9-18(10-8-17)35(2,32)33)21-22(23(31)20-6-4-12-34-20)28-25(29-24(21)30)27-14-16-5-3-11-26-13-16/h3-13,15H,14H2,1-2H3,(H,27,28,29). The number of rotatable bonds is 7. The first-order valence-electron chi connectivity index (χ1n) is 10.7. The SMILES string of the molecule is Cn1cc(-c2ccc(S(C)(=O)=O)cc2)c2c(C(=O)c3cccs3)nc(NCc3cccnc3)nc21. The van der Waals surface area contributed by atoms with Crippen LogP contribution in [0.1, 0.15) is 20.9 Å². The molecular weight excluding hydrogens is 482 g/mol. The minimum atomic E-state index is -3.32. The highest BCUT2D eigenvalue weighted by atomic mass is 32.2. The van der Waals surface area contributed by atoms with Gasteiger partial charge in [0.05, 0.1) is 15.2 Å². The van der Waals surface area contributed by atoms with E-state index in [9.17, 15) is 13.2 Å². The highest BCUT2D eigenvalue weighted by Crippen LogP contribution is 2.34. The van der Waals surface area contributed by atoms with Gasteiger partial charge >= 0.3 is 0 Å². The lowest BCUT2D eigenvalue weighted by Gasteiger charge is -2.09. The lowest BCUT2D eigenvalue weighted by molar-refractivity contribution is 0.103. The second kappa shape index (κ2) is 9.05. The number of fused-ring (bicyclic) bond motifs is 1. The molecule has 0 spiro atoms. The monoisotopic (exact) mass is 503 g/mol. The van der Waals surface area contributed by atoms with Crippen molar-refractivity contribution >= 4 is 43.9 Å². The van der Waals surface area contributed by atoms with Gasteiger partial charge in [0.1, 0.15) is 11.3 Å². The van der Waals surface area contributed by atoms with Gasteiger partial charge < -0.3 is 9.88 Å². The van der Waals surface area contributed by atoms with E-state index in [4.69, 9.17) is 4.98 Å². The zero-order valence-corrected chi connectivity index (χ0v) is 20.6. The molecule has 4 heterocycles.